The van der Waals surface area contributed by atoms with Gasteiger partial charge in [-0.05, 0) is 37.5 Å². The van der Waals surface area contributed by atoms with Crippen molar-refractivity contribution in [2.24, 2.45) is 0 Å². The van der Waals surface area contributed by atoms with Crippen LogP contribution in [0.1, 0.15) is 16.7 Å². The van der Waals surface area contributed by atoms with Crippen LogP contribution in [-0.4, -0.2) is 9.97 Å². The largest absolute Gasteiger partial charge is 0.216 e. The molecule has 0 aliphatic carbocycles. The average molecular weight is 343 g/mol. The first kappa shape index (κ1) is 16.0. The molecular weight excluding hydrogens is 327 g/mol. The maximum absolute atomic E-state index is 6.42. The highest BCUT2D eigenvalue weighted by molar-refractivity contribution is 6.37. The Bertz CT molecular complexity index is 828. The van der Waals surface area contributed by atoms with Gasteiger partial charge in [-0.2, -0.15) is 0 Å². The van der Waals surface area contributed by atoms with E-state index in [0.29, 0.717) is 21.7 Å². The number of halogens is 2. The number of hydrogen-bond donors (Lipinski definition) is 0. The summed E-state index contributed by atoms with van der Waals surface area (Å²) in [7, 11) is 0. The Morgan fingerprint density at radius 2 is 1.26 bits per heavy atom. The number of aryl methyl sites for hydroxylation is 3. The molecule has 0 fully saturated rings. The number of nitrogens with zero attached hydrogens (tertiary/aromatic N) is 2. The lowest BCUT2D eigenvalue weighted by molar-refractivity contribution is 1.15. The lowest BCUT2D eigenvalue weighted by Gasteiger charge is -2.13. The maximum atomic E-state index is 6.42. The quantitative estimate of drug-likeness (QED) is 0.530. The van der Waals surface area contributed by atoms with E-state index in [1.165, 1.54) is 5.56 Å². The van der Waals surface area contributed by atoms with Crippen molar-refractivity contribution < 1.29 is 0 Å². The molecule has 4 heteroatoms. The lowest BCUT2D eigenvalue weighted by Crippen LogP contribution is -1.98. The van der Waals surface area contributed by atoms with Gasteiger partial charge in [0.05, 0.1) is 5.56 Å². The van der Waals surface area contributed by atoms with E-state index in [1.54, 1.807) is 0 Å². The van der Waals surface area contributed by atoms with Gasteiger partial charge in [-0.25, -0.2) is 9.97 Å². The first-order valence-corrected chi connectivity index (χ1v) is 8.09. The molecular formula is C19H16Cl2N2. The van der Waals surface area contributed by atoms with Crippen LogP contribution < -0.4 is 0 Å². The number of aromatic nitrogens is 2. The van der Waals surface area contributed by atoms with Crippen molar-refractivity contribution in [3.8, 4) is 22.5 Å². The Morgan fingerprint density at radius 3 is 1.78 bits per heavy atom. The molecule has 23 heavy (non-hydrogen) atoms. The second-order valence-corrected chi connectivity index (χ2v) is 6.36. The van der Waals surface area contributed by atoms with Crippen LogP contribution >= 0.6 is 23.2 Å². The highest BCUT2D eigenvalue weighted by Gasteiger charge is 2.17. The van der Waals surface area contributed by atoms with Gasteiger partial charge in [0.25, 0.3) is 0 Å². The SMILES string of the molecule is Cc1cc(C)c(-c2nc(Cl)c(-c3ccccc3)c(Cl)n2)c(C)c1. The topological polar surface area (TPSA) is 25.8 Å². The van der Waals surface area contributed by atoms with E-state index in [4.69, 9.17) is 23.2 Å². The van der Waals surface area contributed by atoms with Gasteiger partial charge in [0.1, 0.15) is 10.3 Å². The molecule has 3 rings (SSSR count). The van der Waals surface area contributed by atoms with Gasteiger partial charge in [-0.3, -0.25) is 0 Å². The molecule has 0 radical (unpaired) electrons. The standard InChI is InChI=1S/C19H16Cl2N2/c1-11-9-12(2)15(13(3)10-11)19-22-17(20)16(18(21)23-19)14-7-5-4-6-8-14/h4-10H,1-3H3. The molecule has 0 atom stereocenters. The summed E-state index contributed by atoms with van der Waals surface area (Å²) in [5, 5.41) is 0.733. The summed E-state index contributed by atoms with van der Waals surface area (Å²) in [6.45, 7) is 6.17. The summed E-state index contributed by atoms with van der Waals surface area (Å²) in [6.07, 6.45) is 0. The number of rotatable bonds is 2. The van der Waals surface area contributed by atoms with Crippen molar-refractivity contribution in [2.75, 3.05) is 0 Å². The van der Waals surface area contributed by atoms with Crippen LogP contribution in [0.2, 0.25) is 10.3 Å². The van der Waals surface area contributed by atoms with Crippen LogP contribution in [0.3, 0.4) is 0 Å². The van der Waals surface area contributed by atoms with E-state index < -0.39 is 0 Å². The van der Waals surface area contributed by atoms with Crippen molar-refractivity contribution in [3.05, 3.63) is 69.5 Å². The third-order valence-electron chi connectivity index (χ3n) is 3.78. The van der Waals surface area contributed by atoms with Crippen LogP contribution in [0.5, 0.6) is 0 Å². The van der Waals surface area contributed by atoms with Gasteiger partial charge in [0.2, 0.25) is 0 Å². The van der Waals surface area contributed by atoms with Gasteiger partial charge >= 0.3 is 0 Å². The van der Waals surface area contributed by atoms with Gasteiger partial charge in [0, 0.05) is 5.56 Å². The van der Waals surface area contributed by atoms with Crippen molar-refractivity contribution >= 4 is 23.2 Å². The van der Waals surface area contributed by atoms with Crippen LogP contribution in [-0.2, 0) is 0 Å². The maximum Gasteiger partial charge on any atom is 0.163 e. The zero-order valence-electron chi connectivity index (χ0n) is 13.2. The normalized spacial score (nSPS) is 10.8. The zero-order valence-corrected chi connectivity index (χ0v) is 14.7. The Morgan fingerprint density at radius 1 is 0.739 bits per heavy atom. The Balaban J connectivity index is 2.19. The molecule has 0 bridgehead atoms. The summed E-state index contributed by atoms with van der Waals surface area (Å²) in [5.74, 6) is 0.565. The minimum Gasteiger partial charge on any atom is -0.216 e. The van der Waals surface area contributed by atoms with E-state index in [9.17, 15) is 0 Å². The third-order valence-corrected chi connectivity index (χ3v) is 4.33. The van der Waals surface area contributed by atoms with E-state index in [0.717, 1.165) is 22.3 Å². The minimum absolute atomic E-state index is 0.366. The fraction of sp³-hybridized carbons (Fsp3) is 0.158. The molecule has 1 heterocycles. The predicted molar refractivity (Wildman–Crippen MR) is 97.1 cm³/mol. The molecule has 0 N–H and O–H groups in total. The Labute approximate surface area is 146 Å². The average Bonchev–Trinajstić information content (AvgIpc) is 2.46. The smallest absolute Gasteiger partial charge is 0.163 e. The molecule has 3 aromatic rings. The van der Waals surface area contributed by atoms with Gasteiger partial charge < -0.3 is 0 Å². The molecule has 2 nitrogen and oxygen atoms in total. The predicted octanol–water partition coefficient (Wildman–Crippen LogP) is 6.04. The fourth-order valence-electron chi connectivity index (χ4n) is 2.90. The van der Waals surface area contributed by atoms with Crippen LogP contribution in [0.25, 0.3) is 22.5 Å². The van der Waals surface area contributed by atoms with E-state index in [-0.39, 0.29) is 0 Å². The lowest BCUT2D eigenvalue weighted by atomic mass is 9.99. The highest BCUT2D eigenvalue weighted by Crippen LogP contribution is 2.35. The second-order valence-electron chi connectivity index (χ2n) is 5.64. The van der Waals surface area contributed by atoms with Gasteiger partial charge in [0.15, 0.2) is 5.82 Å². The van der Waals surface area contributed by atoms with Crippen molar-refractivity contribution in [2.45, 2.75) is 20.8 Å². The minimum atomic E-state index is 0.366. The molecule has 116 valence electrons. The first-order chi connectivity index (χ1) is 11.0. The molecule has 2 aromatic carbocycles. The molecule has 0 aliphatic rings. The summed E-state index contributed by atoms with van der Waals surface area (Å²) in [5.41, 5.74) is 6.00. The zero-order chi connectivity index (χ0) is 16.6. The summed E-state index contributed by atoms with van der Waals surface area (Å²) in [6, 6.07) is 13.9. The Kier molecular flexibility index (Phi) is 4.38. The highest BCUT2D eigenvalue weighted by atomic mass is 35.5. The van der Waals surface area contributed by atoms with Gasteiger partial charge in [-0.15, -0.1) is 0 Å². The summed E-state index contributed by atoms with van der Waals surface area (Å²) in [4.78, 5) is 9.00. The van der Waals surface area contributed by atoms with Crippen molar-refractivity contribution in [3.63, 3.8) is 0 Å². The fourth-order valence-corrected chi connectivity index (χ4v) is 3.50. The Hall–Kier alpha value is -1.90. The molecule has 0 unspecified atom stereocenters. The molecule has 0 saturated carbocycles. The number of hydrogen-bond acceptors (Lipinski definition) is 2. The third kappa shape index (κ3) is 3.10. The van der Waals surface area contributed by atoms with Crippen LogP contribution in [0, 0.1) is 20.8 Å². The van der Waals surface area contributed by atoms with Gasteiger partial charge in [-0.1, -0.05) is 71.2 Å². The van der Waals surface area contributed by atoms with E-state index in [2.05, 4.69) is 29.0 Å². The van der Waals surface area contributed by atoms with Crippen LogP contribution in [0.15, 0.2) is 42.5 Å². The molecule has 0 spiro atoms. The first-order valence-electron chi connectivity index (χ1n) is 7.34. The van der Waals surface area contributed by atoms with E-state index >= 15 is 0 Å². The molecule has 0 aliphatic heterocycles. The molecule has 0 amide bonds. The monoisotopic (exact) mass is 342 g/mol. The van der Waals surface area contributed by atoms with E-state index in [1.807, 2.05) is 44.2 Å². The molecule has 0 saturated heterocycles. The second kappa shape index (κ2) is 6.31. The summed E-state index contributed by atoms with van der Waals surface area (Å²) >= 11 is 12.8. The summed E-state index contributed by atoms with van der Waals surface area (Å²) < 4.78 is 0. The van der Waals surface area contributed by atoms with Crippen LogP contribution in [0.4, 0.5) is 0 Å². The van der Waals surface area contributed by atoms with Crippen molar-refractivity contribution in [1.82, 2.24) is 9.97 Å². The molecule has 1 aromatic heterocycles. The van der Waals surface area contributed by atoms with Crippen molar-refractivity contribution in [1.29, 1.82) is 0 Å². The number of benzene rings is 2.